The molecule has 0 radical (unpaired) electrons. The first kappa shape index (κ1) is 35.8. The second kappa shape index (κ2) is 14.8. The van der Waals surface area contributed by atoms with Crippen molar-refractivity contribution in [3.63, 3.8) is 0 Å². The molecule has 0 bridgehead atoms. The SMILES string of the molecule is C1=CCc2c(oc3cccc(N(c4cccc(-c5cccc6c7ccccc7n(-c7ccccc7)c56)c4)c4ccccc4-c4cccc5cccc(-c6ccccc6)c45)c23)C=C1. The third kappa shape index (κ3) is 5.82. The van der Waals surface area contributed by atoms with Gasteiger partial charge in [0, 0.05) is 44.2 Å². The Morgan fingerprint density at radius 3 is 2.02 bits per heavy atom. The average Bonchev–Trinajstić information content (AvgIpc) is 3.78. The number of benzene rings is 9. The van der Waals surface area contributed by atoms with Gasteiger partial charge in [-0.05, 0) is 94.1 Å². The summed E-state index contributed by atoms with van der Waals surface area (Å²) in [6.07, 6.45) is 9.28. The third-order valence-corrected chi connectivity index (χ3v) is 12.4. The van der Waals surface area contributed by atoms with Gasteiger partial charge in [-0.1, -0.05) is 176 Å². The molecule has 0 unspecified atom stereocenters. The number of allylic oxidation sites excluding steroid dienone is 3. The molecule has 1 aliphatic rings. The van der Waals surface area contributed by atoms with Crippen LogP contribution in [0.25, 0.3) is 88.7 Å². The highest BCUT2D eigenvalue weighted by atomic mass is 16.3. The molecule has 2 heterocycles. The highest BCUT2D eigenvalue weighted by molar-refractivity contribution is 6.14. The second-order valence-electron chi connectivity index (χ2n) is 16.0. The lowest BCUT2D eigenvalue weighted by Crippen LogP contribution is -2.12. The average molecular weight is 793 g/mol. The first-order valence-corrected chi connectivity index (χ1v) is 21.3. The van der Waals surface area contributed by atoms with E-state index in [9.17, 15) is 0 Å². The van der Waals surface area contributed by atoms with Gasteiger partial charge in [0.25, 0.3) is 0 Å². The van der Waals surface area contributed by atoms with Crippen molar-refractivity contribution >= 4 is 66.7 Å². The molecular weight excluding hydrogens is 753 g/mol. The van der Waals surface area contributed by atoms with E-state index in [1.54, 1.807) is 0 Å². The number of anilines is 3. The van der Waals surface area contributed by atoms with Gasteiger partial charge in [-0.25, -0.2) is 0 Å². The van der Waals surface area contributed by atoms with Crippen LogP contribution in [0.3, 0.4) is 0 Å². The molecule has 1 aliphatic carbocycles. The van der Waals surface area contributed by atoms with Gasteiger partial charge in [-0.2, -0.15) is 0 Å². The van der Waals surface area contributed by atoms with Gasteiger partial charge in [0.1, 0.15) is 11.3 Å². The van der Waals surface area contributed by atoms with Crippen molar-refractivity contribution in [3.05, 3.63) is 236 Å². The molecule has 62 heavy (non-hydrogen) atoms. The van der Waals surface area contributed by atoms with Crippen LogP contribution in [-0.2, 0) is 6.42 Å². The molecule has 2 aromatic heterocycles. The van der Waals surface area contributed by atoms with Crippen molar-refractivity contribution in [2.45, 2.75) is 6.42 Å². The summed E-state index contributed by atoms with van der Waals surface area (Å²) in [6, 6.07) is 74.8. The first-order valence-electron chi connectivity index (χ1n) is 21.3. The number of aromatic nitrogens is 1. The van der Waals surface area contributed by atoms with Gasteiger partial charge in [0.05, 0.1) is 22.4 Å². The van der Waals surface area contributed by atoms with Crippen molar-refractivity contribution in [1.29, 1.82) is 0 Å². The van der Waals surface area contributed by atoms with E-state index in [1.807, 2.05) is 0 Å². The van der Waals surface area contributed by atoms with E-state index in [0.717, 1.165) is 57.0 Å². The molecule has 3 heteroatoms. The minimum absolute atomic E-state index is 0.775. The van der Waals surface area contributed by atoms with E-state index in [1.165, 1.54) is 60.4 Å². The Hall–Kier alpha value is -8.14. The van der Waals surface area contributed by atoms with Crippen LogP contribution >= 0.6 is 0 Å². The summed E-state index contributed by atoms with van der Waals surface area (Å²) in [4.78, 5) is 2.46. The molecular formula is C59H40N2O. The van der Waals surface area contributed by atoms with Crippen LogP contribution in [0.4, 0.5) is 17.1 Å². The third-order valence-electron chi connectivity index (χ3n) is 12.4. The van der Waals surface area contributed by atoms with Crippen LogP contribution < -0.4 is 4.90 Å². The fraction of sp³-hybridized carbons (Fsp3) is 0.0169. The lowest BCUT2D eigenvalue weighted by atomic mass is 9.90. The van der Waals surface area contributed by atoms with Crippen LogP contribution in [0.1, 0.15) is 11.3 Å². The number of furan rings is 1. The van der Waals surface area contributed by atoms with E-state index >= 15 is 0 Å². The molecule has 0 aliphatic heterocycles. The number of rotatable bonds is 7. The Balaban J connectivity index is 1.14. The maximum absolute atomic E-state index is 6.64. The summed E-state index contributed by atoms with van der Waals surface area (Å²) in [5.41, 5.74) is 15.8. The predicted octanol–water partition coefficient (Wildman–Crippen LogP) is 16.3. The smallest absolute Gasteiger partial charge is 0.137 e. The zero-order chi connectivity index (χ0) is 41.0. The summed E-state index contributed by atoms with van der Waals surface area (Å²) in [7, 11) is 0. The van der Waals surface area contributed by atoms with Gasteiger partial charge in [0.15, 0.2) is 0 Å². The molecule has 0 saturated heterocycles. The molecule has 0 atom stereocenters. The summed E-state index contributed by atoms with van der Waals surface area (Å²) >= 11 is 0. The largest absolute Gasteiger partial charge is 0.456 e. The van der Waals surface area contributed by atoms with Gasteiger partial charge in [-0.3, -0.25) is 0 Å². The van der Waals surface area contributed by atoms with Gasteiger partial charge >= 0.3 is 0 Å². The predicted molar refractivity (Wildman–Crippen MR) is 261 cm³/mol. The lowest BCUT2D eigenvalue weighted by molar-refractivity contribution is 0.600. The van der Waals surface area contributed by atoms with Gasteiger partial charge in [-0.15, -0.1) is 0 Å². The number of fused-ring (bicyclic) bond motifs is 7. The van der Waals surface area contributed by atoms with Crippen molar-refractivity contribution in [3.8, 4) is 39.1 Å². The highest BCUT2D eigenvalue weighted by Gasteiger charge is 2.25. The Bertz CT molecular complexity index is 3550. The van der Waals surface area contributed by atoms with Gasteiger partial charge in [0.2, 0.25) is 0 Å². The van der Waals surface area contributed by atoms with E-state index in [0.29, 0.717) is 0 Å². The molecule has 0 spiro atoms. The van der Waals surface area contributed by atoms with Crippen molar-refractivity contribution in [2.24, 2.45) is 0 Å². The molecule has 11 aromatic rings. The molecule has 12 rings (SSSR count). The number of para-hydroxylation sites is 4. The van der Waals surface area contributed by atoms with Crippen LogP contribution in [0.15, 0.2) is 229 Å². The monoisotopic (exact) mass is 792 g/mol. The van der Waals surface area contributed by atoms with Crippen LogP contribution in [0, 0.1) is 0 Å². The molecule has 292 valence electrons. The second-order valence-corrected chi connectivity index (χ2v) is 16.0. The maximum Gasteiger partial charge on any atom is 0.137 e. The number of hydrogen-bond acceptors (Lipinski definition) is 2. The lowest BCUT2D eigenvalue weighted by Gasteiger charge is -2.29. The minimum Gasteiger partial charge on any atom is -0.456 e. The summed E-state index contributed by atoms with van der Waals surface area (Å²) in [5.74, 6) is 0.904. The molecule has 3 nitrogen and oxygen atoms in total. The normalized spacial score (nSPS) is 12.3. The Morgan fingerprint density at radius 1 is 0.468 bits per heavy atom. The van der Waals surface area contributed by atoms with Crippen LogP contribution in [0.2, 0.25) is 0 Å². The zero-order valence-corrected chi connectivity index (χ0v) is 33.9. The van der Waals surface area contributed by atoms with E-state index in [2.05, 4.69) is 240 Å². The molecule has 9 aromatic carbocycles. The molecule has 0 saturated carbocycles. The number of nitrogens with zero attached hydrogens (tertiary/aromatic N) is 2. The summed E-state index contributed by atoms with van der Waals surface area (Å²) in [5, 5.41) is 6.02. The van der Waals surface area contributed by atoms with Crippen molar-refractivity contribution in [1.82, 2.24) is 4.57 Å². The summed E-state index contributed by atoms with van der Waals surface area (Å²) in [6.45, 7) is 0. The first-order chi connectivity index (χ1) is 30.8. The molecule has 0 fully saturated rings. The quantitative estimate of drug-likeness (QED) is 0.160. The van der Waals surface area contributed by atoms with E-state index in [-0.39, 0.29) is 0 Å². The molecule has 0 N–H and O–H groups in total. The van der Waals surface area contributed by atoms with Crippen LogP contribution in [0.5, 0.6) is 0 Å². The Kier molecular flexibility index (Phi) is 8.57. The standard InChI is InChI=1S/C59H40N2O/c1-4-19-40(20-5-1)45-30-15-21-41-22-16-32-49(57(41)45)47-27-10-12-34-52(47)60(54-36-18-38-56-58(54)51-29-8-3-9-37-55(51)62-56)44-26-14-23-42(39-44)46-31-17-33-50-48-28-11-13-35-53(48)61(59(46)50)43-24-6-2-7-25-43/h1-28,30-39H,29H2. The fourth-order valence-corrected chi connectivity index (χ4v) is 9.78. The Morgan fingerprint density at radius 2 is 1.13 bits per heavy atom. The topological polar surface area (TPSA) is 21.3 Å². The van der Waals surface area contributed by atoms with E-state index in [4.69, 9.17) is 4.42 Å². The highest BCUT2D eigenvalue weighted by Crippen LogP contribution is 2.49. The van der Waals surface area contributed by atoms with E-state index < -0.39 is 0 Å². The van der Waals surface area contributed by atoms with Crippen molar-refractivity contribution in [2.75, 3.05) is 4.90 Å². The fourth-order valence-electron chi connectivity index (χ4n) is 9.78. The maximum atomic E-state index is 6.64. The zero-order valence-electron chi connectivity index (χ0n) is 33.9. The Labute approximate surface area is 360 Å². The molecule has 0 amide bonds. The van der Waals surface area contributed by atoms with Crippen LogP contribution in [-0.4, -0.2) is 4.57 Å². The minimum atomic E-state index is 0.775. The number of hydrogen-bond donors (Lipinski definition) is 0. The van der Waals surface area contributed by atoms with Gasteiger partial charge < -0.3 is 13.9 Å². The summed E-state index contributed by atoms with van der Waals surface area (Å²) < 4.78 is 9.06. The van der Waals surface area contributed by atoms with Crippen molar-refractivity contribution < 1.29 is 4.42 Å².